The van der Waals surface area contributed by atoms with Crippen molar-refractivity contribution in [1.82, 2.24) is 0 Å². The summed E-state index contributed by atoms with van der Waals surface area (Å²) in [4.78, 5) is 33.3. The van der Waals surface area contributed by atoms with E-state index in [1.807, 2.05) is 0 Å². The third-order valence-electron chi connectivity index (χ3n) is 3.14. The maximum absolute atomic E-state index is 11.5. The van der Waals surface area contributed by atoms with Gasteiger partial charge in [-0.1, -0.05) is 51.9 Å². The summed E-state index contributed by atoms with van der Waals surface area (Å²) < 4.78 is 4.55. The fraction of sp³-hybridized carbons (Fsp3) is 0.812. The van der Waals surface area contributed by atoms with Crippen LogP contribution in [0.1, 0.15) is 78.1 Å². The maximum Gasteiger partial charge on any atom is 0.303 e. The Morgan fingerprint density at radius 2 is 1.35 bits per heavy atom. The molecule has 0 rings (SSSR count). The minimum atomic E-state index is -0.492. The van der Waals surface area contributed by atoms with E-state index >= 15 is 0 Å². The van der Waals surface area contributed by atoms with Crippen LogP contribution in [0, 0.1) is 0 Å². The van der Waals surface area contributed by atoms with Gasteiger partial charge in [0.1, 0.15) is 12.4 Å². The highest BCUT2D eigenvalue weighted by molar-refractivity contribution is 6.00. The third-order valence-corrected chi connectivity index (χ3v) is 3.14. The van der Waals surface area contributed by atoms with E-state index in [1.165, 1.54) is 45.4 Å². The largest absolute Gasteiger partial charge is 0.458 e. The van der Waals surface area contributed by atoms with Crippen LogP contribution in [0.15, 0.2) is 0 Å². The Bertz CT molecular complexity index is 297. The number of carbonyl (C=O) groups is 3. The zero-order chi connectivity index (χ0) is 15.2. The molecule has 0 aromatic heterocycles. The summed E-state index contributed by atoms with van der Waals surface area (Å²) in [5.74, 6) is -0.855. The molecule has 0 saturated heterocycles. The summed E-state index contributed by atoms with van der Waals surface area (Å²) in [6.07, 6.45) is 9.81. The molecule has 0 aliphatic heterocycles. The second-order valence-electron chi connectivity index (χ2n) is 5.26. The first-order valence-electron chi connectivity index (χ1n) is 7.73. The summed E-state index contributed by atoms with van der Waals surface area (Å²) in [5, 5.41) is 0. The molecule has 0 aliphatic carbocycles. The summed E-state index contributed by atoms with van der Waals surface area (Å²) in [6.45, 7) is 3.17. The molecule has 0 aliphatic rings. The number of carbonyl (C=O) groups excluding carboxylic acids is 3. The average Bonchev–Trinajstić information content (AvgIpc) is 2.39. The van der Waals surface area contributed by atoms with Crippen molar-refractivity contribution in [3.05, 3.63) is 0 Å². The molecular weight excluding hydrogens is 256 g/mol. The molecular formula is C16H28O4. The Hall–Kier alpha value is -1.19. The Morgan fingerprint density at radius 3 is 1.90 bits per heavy atom. The van der Waals surface area contributed by atoms with E-state index in [2.05, 4.69) is 11.7 Å². The van der Waals surface area contributed by atoms with E-state index in [0.29, 0.717) is 6.42 Å². The van der Waals surface area contributed by atoms with Crippen LogP contribution in [0.2, 0.25) is 0 Å². The summed E-state index contributed by atoms with van der Waals surface area (Å²) in [6, 6.07) is 0. The number of ketones is 2. The lowest BCUT2D eigenvalue weighted by Crippen LogP contribution is -2.15. The van der Waals surface area contributed by atoms with Gasteiger partial charge in [0, 0.05) is 13.3 Å². The lowest BCUT2D eigenvalue weighted by molar-refractivity contribution is -0.146. The van der Waals surface area contributed by atoms with Gasteiger partial charge in [-0.3, -0.25) is 14.4 Å². The normalized spacial score (nSPS) is 10.3. The Balaban J connectivity index is 3.40. The van der Waals surface area contributed by atoms with Crippen molar-refractivity contribution in [2.75, 3.05) is 6.61 Å². The van der Waals surface area contributed by atoms with Crippen LogP contribution < -0.4 is 0 Å². The van der Waals surface area contributed by atoms with Crippen molar-refractivity contribution in [3.63, 3.8) is 0 Å². The molecule has 0 unspecified atom stereocenters. The maximum atomic E-state index is 11.5. The van der Waals surface area contributed by atoms with Crippen molar-refractivity contribution >= 4 is 17.5 Å². The predicted molar refractivity (Wildman–Crippen MR) is 78.5 cm³/mol. The molecule has 4 heteroatoms. The molecule has 0 atom stereocenters. The van der Waals surface area contributed by atoms with E-state index in [4.69, 9.17) is 0 Å². The Morgan fingerprint density at radius 1 is 0.800 bits per heavy atom. The van der Waals surface area contributed by atoms with Gasteiger partial charge in [-0.25, -0.2) is 0 Å². The molecule has 0 radical (unpaired) electrons. The first-order chi connectivity index (χ1) is 9.56. The Labute approximate surface area is 122 Å². The second-order valence-corrected chi connectivity index (χ2v) is 5.26. The molecule has 0 heterocycles. The molecule has 20 heavy (non-hydrogen) atoms. The van der Waals surface area contributed by atoms with Gasteiger partial charge in [0.2, 0.25) is 0 Å². The minimum absolute atomic E-state index is 0.0480. The summed E-state index contributed by atoms with van der Waals surface area (Å²) in [5.41, 5.74) is 0. The van der Waals surface area contributed by atoms with Gasteiger partial charge < -0.3 is 4.74 Å². The van der Waals surface area contributed by atoms with Crippen LogP contribution in [-0.2, 0) is 19.1 Å². The molecule has 0 saturated carbocycles. The number of Topliss-reactive ketones (excluding diaryl/α,β-unsaturated/α-hetero) is 2. The first-order valence-corrected chi connectivity index (χ1v) is 7.73. The van der Waals surface area contributed by atoms with E-state index in [1.54, 1.807) is 0 Å². The van der Waals surface area contributed by atoms with Gasteiger partial charge in [-0.2, -0.15) is 0 Å². The molecule has 0 fully saturated rings. The van der Waals surface area contributed by atoms with Crippen molar-refractivity contribution in [2.24, 2.45) is 0 Å². The van der Waals surface area contributed by atoms with Gasteiger partial charge in [0.05, 0.1) is 6.42 Å². The lowest BCUT2D eigenvalue weighted by atomic mass is 10.0. The van der Waals surface area contributed by atoms with Crippen LogP contribution in [0.5, 0.6) is 0 Å². The lowest BCUT2D eigenvalue weighted by Gasteiger charge is -2.02. The van der Waals surface area contributed by atoms with E-state index < -0.39 is 5.97 Å². The number of hydrogen-bond acceptors (Lipinski definition) is 4. The van der Waals surface area contributed by atoms with Crippen molar-refractivity contribution in [1.29, 1.82) is 0 Å². The van der Waals surface area contributed by atoms with Gasteiger partial charge in [-0.05, 0) is 6.42 Å². The fourth-order valence-corrected chi connectivity index (χ4v) is 2.00. The van der Waals surface area contributed by atoms with Crippen LogP contribution >= 0.6 is 0 Å². The molecule has 4 nitrogen and oxygen atoms in total. The number of ether oxygens (including phenoxy) is 1. The minimum Gasteiger partial charge on any atom is -0.458 e. The van der Waals surface area contributed by atoms with Gasteiger partial charge in [-0.15, -0.1) is 0 Å². The predicted octanol–water partition coefficient (Wildman–Crippen LogP) is 3.61. The van der Waals surface area contributed by atoms with Gasteiger partial charge in [0.15, 0.2) is 5.78 Å². The van der Waals surface area contributed by atoms with E-state index in [-0.39, 0.29) is 24.6 Å². The highest BCUT2D eigenvalue weighted by atomic mass is 16.5. The van der Waals surface area contributed by atoms with Crippen LogP contribution in [-0.4, -0.2) is 24.1 Å². The van der Waals surface area contributed by atoms with Gasteiger partial charge in [0.25, 0.3) is 0 Å². The molecule has 0 aromatic rings. The standard InChI is InChI=1S/C16H28O4/c1-3-4-5-6-7-8-9-10-11-15(18)12-16(19)13-20-14(2)17/h3-13H2,1-2H3. The topological polar surface area (TPSA) is 60.4 Å². The highest BCUT2D eigenvalue weighted by Crippen LogP contribution is 2.10. The zero-order valence-electron chi connectivity index (χ0n) is 12.9. The van der Waals surface area contributed by atoms with Crippen molar-refractivity contribution in [2.45, 2.75) is 78.1 Å². The molecule has 116 valence electrons. The third kappa shape index (κ3) is 13.2. The number of unbranched alkanes of at least 4 members (excludes halogenated alkanes) is 7. The zero-order valence-corrected chi connectivity index (χ0v) is 12.9. The van der Waals surface area contributed by atoms with Crippen LogP contribution in [0.4, 0.5) is 0 Å². The van der Waals surface area contributed by atoms with Crippen molar-refractivity contribution < 1.29 is 19.1 Å². The Kier molecular flexibility index (Phi) is 12.1. The SMILES string of the molecule is CCCCCCCCCCC(=O)CC(=O)COC(C)=O. The number of hydrogen-bond donors (Lipinski definition) is 0. The fourth-order valence-electron chi connectivity index (χ4n) is 2.00. The quantitative estimate of drug-likeness (QED) is 0.294. The molecule has 0 amide bonds. The smallest absolute Gasteiger partial charge is 0.303 e. The molecule has 0 N–H and O–H groups in total. The first kappa shape index (κ1) is 18.8. The number of rotatable bonds is 13. The monoisotopic (exact) mass is 284 g/mol. The van der Waals surface area contributed by atoms with Crippen LogP contribution in [0.25, 0.3) is 0 Å². The molecule has 0 bridgehead atoms. The second kappa shape index (κ2) is 12.8. The van der Waals surface area contributed by atoms with E-state index in [9.17, 15) is 14.4 Å². The van der Waals surface area contributed by atoms with Crippen LogP contribution in [0.3, 0.4) is 0 Å². The number of esters is 1. The summed E-state index contributed by atoms with van der Waals surface area (Å²) in [7, 11) is 0. The van der Waals surface area contributed by atoms with Gasteiger partial charge >= 0.3 is 5.97 Å². The average molecular weight is 284 g/mol. The molecule has 0 aromatic carbocycles. The van der Waals surface area contributed by atoms with Crippen molar-refractivity contribution in [3.8, 4) is 0 Å². The summed E-state index contributed by atoms with van der Waals surface area (Å²) >= 11 is 0. The highest BCUT2D eigenvalue weighted by Gasteiger charge is 2.10. The van der Waals surface area contributed by atoms with E-state index in [0.717, 1.165) is 12.8 Å². The molecule has 0 spiro atoms.